The molecule has 0 bridgehead atoms. The molecule has 0 fully saturated rings. The summed E-state index contributed by atoms with van der Waals surface area (Å²) in [4.78, 5) is 11.0. The molecule has 1 unspecified atom stereocenters. The summed E-state index contributed by atoms with van der Waals surface area (Å²) in [6.45, 7) is 0.506. The lowest BCUT2D eigenvalue weighted by molar-refractivity contribution is -0.140. The van der Waals surface area contributed by atoms with Crippen molar-refractivity contribution in [2.45, 2.75) is 11.7 Å². The first kappa shape index (κ1) is 14.9. The maximum atomic E-state index is 11.0. The number of hydrogen-bond donors (Lipinski definition) is 1. The third kappa shape index (κ3) is 4.23. The van der Waals surface area contributed by atoms with Crippen molar-refractivity contribution in [1.82, 2.24) is 0 Å². The fourth-order valence-electron chi connectivity index (χ4n) is 1.60. The molecule has 100 valence electrons. The van der Waals surface area contributed by atoms with E-state index in [2.05, 4.69) is 4.74 Å². The third-order valence-electron chi connectivity index (χ3n) is 2.55. The van der Waals surface area contributed by atoms with Gasteiger partial charge in [-0.15, -0.1) is 0 Å². The first-order chi connectivity index (χ1) is 8.72. The molecule has 0 saturated heterocycles. The lowest BCUT2D eigenvalue weighted by Gasteiger charge is -2.17. The van der Waals surface area contributed by atoms with Crippen LogP contribution >= 0.6 is 11.8 Å². The SMILES string of the molecule is COC(=O)CCSC(CN)c1ccccc1OC. The van der Waals surface area contributed by atoms with Crippen molar-refractivity contribution in [3.63, 3.8) is 0 Å². The summed E-state index contributed by atoms with van der Waals surface area (Å²) in [7, 11) is 3.04. The van der Waals surface area contributed by atoms with E-state index in [9.17, 15) is 4.79 Å². The van der Waals surface area contributed by atoms with Gasteiger partial charge >= 0.3 is 5.97 Å². The third-order valence-corrected chi connectivity index (χ3v) is 3.84. The Morgan fingerprint density at radius 3 is 2.72 bits per heavy atom. The van der Waals surface area contributed by atoms with Crippen molar-refractivity contribution in [2.75, 3.05) is 26.5 Å². The number of benzene rings is 1. The van der Waals surface area contributed by atoms with Crippen LogP contribution in [0.4, 0.5) is 0 Å². The number of thioether (sulfide) groups is 1. The Labute approximate surface area is 112 Å². The molecule has 1 rings (SSSR count). The van der Waals surface area contributed by atoms with Gasteiger partial charge in [-0.3, -0.25) is 4.79 Å². The first-order valence-electron chi connectivity index (χ1n) is 5.74. The summed E-state index contributed by atoms with van der Waals surface area (Å²) < 4.78 is 9.92. The van der Waals surface area contributed by atoms with Gasteiger partial charge in [-0.1, -0.05) is 18.2 Å². The standard InChI is InChI=1S/C13H19NO3S/c1-16-11-6-4-3-5-10(11)12(9-14)18-8-7-13(15)17-2/h3-6,12H,7-9,14H2,1-2H3. The Morgan fingerprint density at radius 1 is 1.39 bits per heavy atom. The van der Waals surface area contributed by atoms with E-state index >= 15 is 0 Å². The molecule has 5 heteroatoms. The summed E-state index contributed by atoms with van der Waals surface area (Å²) >= 11 is 1.64. The summed E-state index contributed by atoms with van der Waals surface area (Å²) in [5, 5.41) is 0.130. The number of hydrogen-bond acceptors (Lipinski definition) is 5. The number of rotatable bonds is 7. The molecule has 1 aromatic carbocycles. The van der Waals surface area contributed by atoms with Gasteiger partial charge in [-0.25, -0.2) is 0 Å². The van der Waals surface area contributed by atoms with Gasteiger partial charge in [-0.05, 0) is 6.07 Å². The Bertz CT molecular complexity index is 384. The highest BCUT2D eigenvalue weighted by Gasteiger charge is 2.15. The van der Waals surface area contributed by atoms with E-state index in [1.165, 1.54) is 7.11 Å². The van der Waals surface area contributed by atoms with E-state index in [0.29, 0.717) is 18.7 Å². The number of carbonyl (C=O) groups is 1. The van der Waals surface area contributed by atoms with Crippen LogP contribution in [-0.4, -0.2) is 32.5 Å². The summed E-state index contributed by atoms with van der Waals surface area (Å²) in [5.41, 5.74) is 6.85. The molecule has 0 spiro atoms. The largest absolute Gasteiger partial charge is 0.496 e. The molecule has 1 aromatic rings. The molecular formula is C13H19NO3S. The molecule has 0 saturated carbocycles. The van der Waals surface area contributed by atoms with Gasteiger partial charge in [0.25, 0.3) is 0 Å². The lowest BCUT2D eigenvalue weighted by Crippen LogP contribution is -2.12. The molecule has 0 amide bonds. The Balaban J connectivity index is 2.62. The van der Waals surface area contributed by atoms with Crippen LogP contribution in [0.5, 0.6) is 5.75 Å². The minimum atomic E-state index is -0.196. The van der Waals surface area contributed by atoms with Gasteiger partial charge in [0.1, 0.15) is 5.75 Å². The Morgan fingerprint density at radius 2 is 2.11 bits per heavy atom. The van der Waals surface area contributed by atoms with E-state index in [-0.39, 0.29) is 11.2 Å². The molecule has 0 aromatic heterocycles. The normalized spacial score (nSPS) is 11.9. The second-order valence-electron chi connectivity index (χ2n) is 3.66. The summed E-state index contributed by atoms with van der Waals surface area (Å²) in [6.07, 6.45) is 0.396. The number of esters is 1. The molecule has 18 heavy (non-hydrogen) atoms. The zero-order valence-corrected chi connectivity index (χ0v) is 11.5. The minimum absolute atomic E-state index is 0.130. The molecule has 0 radical (unpaired) electrons. The number of methoxy groups -OCH3 is 2. The van der Waals surface area contributed by atoms with E-state index in [0.717, 1.165) is 11.3 Å². The van der Waals surface area contributed by atoms with Crippen molar-refractivity contribution in [1.29, 1.82) is 0 Å². The van der Waals surface area contributed by atoms with Gasteiger partial charge in [0, 0.05) is 23.1 Å². The topological polar surface area (TPSA) is 61.5 Å². The second-order valence-corrected chi connectivity index (χ2v) is 4.97. The van der Waals surface area contributed by atoms with Gasteiger partial charge in [0.05, 0.1) is 20.6 Å². The number of nitrogens with two attached hydrogens (primary N) is 1. The van der Waals surface area contributed by atoms with Crippen LogP contribution in [-0.2, 0) is 9.53 Å². The first-order valence-corrected chi connectivity index (χ1v) is 6.79. The van der Waals surface area contributed by atoms with E-state index in [1.807, 2.05) is 24.3 Å². The van der Waals surface area contributed by atoms with Crippen molar-refractivity contribution in [3.05, 3.63) is 29.8 Å². The van der Waals surface area contributed by atoms with Gasteiger partial charge in [-0.2, -0.15) is 11.8 Å². The van der Waals surface area contributed by atoms with Crippen LogP contribution in [0.15, 0.2) is 24.3 Å². The van der Waals surface area contributed by atoms with Gasteiger partial charge in [0.2, 0.25) is 0 Å². The average Bonchev–Trinajstić information content (AvgIpc) is 2.43. The summed E-state index contributed by atoms with van der Waals surface area (Å²) in [6, 6.07) is 7.80. The monoisotopic (exact) mass is 269 g/mol. The van der Waals surface area contributed by atoms with Gasteiger partial charge in [0.15, 0.2) is 0 Å². The van der Waals surface area contributed by atoms with Crippen molar-refractivity contribution in [3.8, 4) is 5.75 Å². The number of ether oxygens (including phenoxy) is 2. The number of carbonyl (C=O) groups excluding carboxylic acids is 1. The van der Waals surface area contributed by atoms with Crippen LogP contribution in [0.3, 0.4) is 0 Å². The predicted molar refractivity (Wildman–Crippen MR) is 73.9 cm³/mol. The minimum Gasteiger partial charge on any atom is -0.496 e. The lowest BCUT2D eigenvalue weighted by atomic mass is 10.1. The highest BCUT2D eigenvalue weighted by Crippen LogP contribution is 2.34. The van der Waals surface area contributed by atoms with Crippen molar-refractivity contribution < 1.29 is 14.3 Å². The molecule has 2 N–H and O–H groups in total. The number of para-hydroxylation sites is 1. The van der Waals surface area contributed by atoms with E-state index in [1.54, 1.807) is 18.9 Å². The maximum absolute atomic E-state index is 11.0. The average molecular weight is 269 g/mol. The summed E-state index contributed by atoms with van der Waals surface area (Å²) in [5.74, 6) is 1.32. The molecule has 0 aliphatic rings. The molecule has 1 atom stereocenters. The molecule has 0 aliphatic heterocycles. The quantitative estimate of drug-likeness (QED) is 0.767. The Kier molecular flexibility index (Phi) is 6.60. The molecule has 4 nitrogen and oxygen atoms in total. The highest BCUT2D eigenvalue weighted by atomic mass is 32.2. The maximum Gasteiger partial charge on any atom is 0.306 e. The van der Waals surface area contributed by atoms with E-state index < -0.39 is 0 Å². The molecule has 0 aliphatic carbocycles. The predicted octanol–water partition coefficient (Wildman–Crippen LogP) is 1.99. The molecular weight excluding hydrogens is 250 g/mol. The van der Waals surface area contributed by atoms with Gasteiger partial charge < -0.3 is 15.2 Å². The van der Waals surface area contributed by atoms with Crippen LogP contribution in [0.25, 0.3) is 0 Å². The van der Waals surface area contributed by atoms with Crippen LogP contribution in [0, 0.1) is 0 Å². The van der Waals surface area contributed by atoms with Crippen LogP contribution in [0.2, 0.25) is 0 Å². The fraction of sp³-hybridized carbons (Fsp3) is 0.462. The second kappa shape index (κ2) is 8.00. The van der Waals surface area contributed by atoms with Crippen LogP contribution in [0.1, 0.15) is 17.2 Å². The smallest absolute Gasteiger partial charge is 0.306 e. The molecule has 0 heterocycles. The zero-order valence-electron chi connectivity index (χ0n) is 10.7. The zero-order chi connectivity index (χ0) is 13.4. The van der Waals surface area contributed by atoms with Crippen molar-refractivity contribution in [2.24, 2.45) is 5.73 Å². The Hall–Kier alpha value is -1.20. The highest BCUT2D eigenvalue weighted by molar-refractivity contribution is 7.99. The van der Waals surface area contributed by atoms with E-state index in [4.69, 9.17) is 10.5 Å². The fourth-order valence-corrected chi connectivity index (χ4v) is 2.68. The van der Waals surface area contributed by atoms with Crippen molar-refractivity contribution >= 4 is 17.7 Å². The van der Waals surface area contributed by atoms with Crippen LogP contribution < -0.4 is 10.5 Å².